The van der Waals surface area contributed by atoms with Gasteiger partial charge in [0.05, 0.1) is 12.9 Å². The van der Waals surface area contributed by atoms with E-state index in [0.29, 0.717) is 6.54 Å². The smallest absolute Gasteiger partial charge is 0.0864 e. The fourth-order valence-electron chi connectivity index (χ4n) is 3.15. The normalized spacial score (nSPS) is 12.5. The summed E-state index contributed by atoms with van der Waals surface area (Å²) < 4.78 is 0. The maximum Gasteiger partial charge on any atom is 0.0864 e. The van der Waals surface area contributed by atoms with Crippen molar-refractivity contribution in [1.29, 1.82) is 0 Å². The number of nitrogens with zero attached hydrogens (tertiary/aromatic N) is 2. The summed E-state index contributed by atoms with van der Waals surface area (Å²) >= 11 is 1.70. The number of nitrogens with one attached hydrogen (secondary N) is 2. The summed E-state index contributed by atoms with van der Waals surface area (Å²) in [5, 5.41) is 8.80. The molecule has 0 aliphatic carbocycles. The lowest BCUT2D eigenvalue weighted by Crippen LogP contribution is -2.26. The number of aliphatic imine (C=N–C) groups is 1. The van der Waals surface area contributed by atoms with Gasteiger partial charge in [0, 0.05) is 29.9 Å². The molecule has 4 N–H and O–H groups in total. The highest BCUT2D eigenvalue weighted by molar-refractivity contribution is 8.07. The third kappa shape index (κ3) is 9.70. The largest absolute Gasteiger partial charge is 0.388 e. The van der Waals surface area contributed by atoms with Crippen LogP contribution in [0.25, 0.3) is 15.7 Å². The van der Waals surface area contributed by atoms with Crippen molar-refractivity contribution in [2.75, 3.05) is 46.3 Å². The van der Waals surface area contributed by atoms with Crippen LogP contribution in [0.3, 0.4) is 0 Å². The number of rotatable bonds is 9. The lowest BCUT2D eigenvalue weighted by molar-refractivity contribution is 0.505. The molecule has 0 radical (unpaired) electrons. The summed E-state index contributed by atoms with van der Waals surface area (Å²) in [6.07, 6.45) is 6.57. The summed E-state index contributed by atoms with van der Waals surface area (Å²) in [6, 6.07) is 23.2. The Kier molecular flexibility index (Phi) is 11.5. The van der Waals surface area contributed by atoms with Crippen molar-refractivity contribution in [1.82, 2.24) is 10.2 Å². The van der Waals surface area contributed by atoms with Crippen LogP contribution in [-0.4, -0.2) is 58.3 Å². The van der Waals surface area contributed by atoms with Crippen molar-refractivity contribution in [2.45, 2.75) is 12.5 Å². The van der Waals surface area contributed by atoms with Gasteiger partial charge in [-0.15, -0.1) is 11.8 Å². The van der Waals surface area contributed by atoms with E-state index in [2.05, 4.69) is 88.6 Å². The molecule has 3 aromatic carbocycles. The van der Waals surface area contributed by atoms with Gasteiger partial charge in [0.1, 0.15) is 0 Å². The van der Waals surface area contributed by atoms with Crippen molar-refractivity contribution >= 4 is 39.5 Å². The van der Waals surface area contributed by atoms with Crippen LogP contribution in [0.5, 0.6) is 0 Å². The van der Waals surface area contributed by atoms with Gasteiger partial charge < -0.3 is 21.3 Å². The molecule has 0 bridgehead atoms. The van der Waals surface area contributed by atoms with Crippen LogP contribution < -0.4 is 16.4 Å². The van der Waals surface area contributed by atoms with Crippen molar-refractivity contribution in [2.24, 2.45) is 10.7 Å². The Balaban J connectivity index is 0.000000890. The van der Waals surface area contributed by atoms with E-state index in [-0.39, 0.29) is 6.04 Å². The number of nitrogens with two attached hydrogens (primary N) is 1. The molecule has 0 spiro atoms. The average molecular weight is 464 g/mol. The van der Waals surface area contributed by atoms with E-state index in [1.54, 1.807) is 18.1 Å². The van der Waals surface area contributed by atoms with E-state index in [1.165, 1.54) is 21.9 Å². The molecule has 3 aromatic rings. The first kappa shape index (κ1) is 26.5. The molecular formula is C27H37N5S. The second kappa shape index (κ2) is 14.4. The van der Waals surface area contributed by atoms with Crippen LogP contribution in [0.15, 0.2) is 77.9 Å². The van der Waals surface area contributed by atoms with Gasteiger partial charge in [0.2, 0.25) is 0 Å². The molecule has 0 saturated heterocycles. The summed E-state index contributed by atoms with van der Waals surface area (Å²) in [5.41, 5.74) is 9.79. The maximum absolute atomic E-state index is 6.27. The fraction of sp³-hybridized carbons (Fsp3) is 0.296. The van der Waals surface area contributed by atoms with Crippen LogP contribution >= 0.6 is 11.8 Å². The highest BCUT2D eigenvalue weighted by atomic mass is 32.2. The molecule has 0 heterocycles. The molecule has 0 saturated carbocycles. The average Bonchev–Trinajstić information content (AvgIpc) is 2.81. The van der Waals surface area contributed by atoms with Gasteiger partial charge in [-0.05, 0) is 67.9 Å². The molecule has 6 heteroatoms. The Hall–Kier alpha value is -2.80. The predicted molar refractivity (Wildman–Crippen MR) is 149 cm³/mol. The monoisotopic (exact) mass is 463 g/mol. The molecule has 0 amide bonds. The van der Waals surface area contributed by atoms with Gasteiger partial charge in [-0.25, -0.2) is 0 Å². The second-order valence-electron chi connectivity index (χ2n) is 8.19. The number of thioether (sulfide) groups is 1. The molecule has 0 aromatic heterocycles. The minimum absolute atomic E-state index is 0.00713. The van der Waals surface area contributed by atoms with E-state index in [9.17, 15) is 0 Å². The zero-order chi connectivity index (χ0) is 24.1. The third-order valence-electron chi connectivity index (χ3n) is 4.71. The van der Waals surface area contributed by atoms with E-state index in [0.717, 1.165) is 17.0 Å². The van der Waals surface area contributed by atoms with Crippen molar-refractivity contribution in [3.05, 3.63) is 84.1 Å². The SMILES string of the molecule is CN(C)C.CNc1ccc(/C(=C/NC=NCC(N)Cc2ccc3ccccc3c2)SC)cc1. The highest BCUT2D eigenvalue weighted by Crippen LogP contribution is 2.25. The predicted octanol–water partition coefficient (Wildman–Crippen LogP) is 4.91. The van der Waals surface area contributed by atoms with E-state index >= 15 is 0 Å². The van der Waals surface area contributed by atoms with Gasteiger partial charge in [0.15, 0.2) is 0 Å². The zero-order valence-electron chi connectivity index (χ0n) is 20.4. The molecule has 0 aliphatic heterocycles. The Morgan fingerprint density at radius 3 is 2.33 bits per heavy atom. The molecule has 0 fully saturated rings. The van der Waals surface area contributed by atoms with Crippen LogP contribution in [0, 0.1) is 0 Å². The topological polar surface area (TPSA) is 65.7 Å². The molecule has 1 unspecified atom stereocenters. The summed E-state index contributed by atoms with van der Waals surface area (Å²) in [7, 11) is 7.92. The van der Waals surface area contributed by atoms with Gasteiger partial charge in [-0.3, -0.25) is 4.99 Å². The molecule has 3 rings (SSSR count). The van der Waals surface area contributed by atoms with Crippen LogP contribution in [0.1, 0.15) is 11.1 Å². The van der Waals surface area contributed by atoms with E-state index in [1.807, 2.05) is 39.3 Å². The number of hydrogen-bond acceptors (Lipinski definition) is 5. The van der Waals surface area contributed by atoms with Gasteiger partial charge in [-0.2, -0.15) is 0 Å². The Bertz CT molecular complexity index is 1030. The van der Waals surface area contributed by atoms with Crippen molar-refractivity contribution in [3.8, 4) is 0 Å². The Morgan fingerprint density at radius 1 is 1.03 bits per heavy atom. The zero-order valence-corrected chi connectivity index (χ0v) is 21.2. The van der Waals surface area contributed by atoms with Crippen LogP contribution in [-0.2, 0) is 6.42 Å². The summed E-state index contributed by atoms with van der Waals surface area (Å²) in [6.45, 7) is 0.582. The van der Waals surface area contributed by atoms with Crippen LogP contribution in [0.4, 0.5) is 5.69 Å². The van der Waals surface area contributed by atoms with Crippen LogP contribution in [0.2, 0.25) is 0 Å². The fourth-order valence-corrected chi connectivity index (χ4v) is 3.71. The Morgan fingerprint density at radius 2 is 1.70 bits per heavy atom. The van der Waals surface area contributed by atoms with E-state index < -0.39 is 0 Å². The molecule has 176 valence electrons. The van der Waals surface area contributed by atoms with Crippen molar-refractivity contribution < 1.29 is 0 Å². The first-order valence-corrected chi connectivity index (χ1v) is 12.3. The number of anilines is 1. The quantitative estimate of drug-likeness (QED) is 0.311. The second-order valence-corrected chi connectivity index (χ2v) is 9.04. The first-order valence-electron chi connectivity index (χ1n) is 11.0. The lowest BCUT2D eigenvalue weighted by atomic mass is 10.0. The summed E-state index contributed by atoms with van der Waals surface area (Å²) in [4.78, 5) is 7.58. The number of fused-ring (bicyclic) bond motifs is 1. The minimum atomic E-state index is -0.00713. The van der Waals surface area contributed by atoms with E-state index in [4.69, 9.17) is 5.73 Å². The molecular weight excluding hydrogens is 426 g/mol. The number of benzene rings is 3. The Labute approximate surface area is 203 Å². The lowest BCUT2D eigenvalue weighted by Gasteiger charge is -2.10. The maximum atomic E-state index is 6.27. The standard InChI is InChI=1S/C24H28N4S.C3H9N/c1-26-23-11-9-20(10-12-23)24(29-2)16-28-17-27-15-22(25)14-18-7-8-19-5-3-4-6-21(19)13-18;1-4(2)3/h3-13,16-17,22,26H,14-15,25H2,1-2H3,(H,27,28);1-3H3/b24-16-;. The first-order chi connectivity index (χ1) is 15.9. The molecule has 1 atom stereocenters. The van der Waals surface area contributed by atoms with Gasteiger partial charge in [0.25, 0.3) is 0 Å². The third-order valence-corrected chi connectivity index (χ3v) is 5.50. The molecule has 5 nitrogen and oxygen atoms in total. The molecule has 0 aliphatic rings. The van der Waals surface area contributed by atoms with Gasteiger partial charge >= 0.3 is 0 Å². The number of hydrogen-bond donors (Lipinski definition) is 3. The summed E-state index contributed by atoms with van der Waals surface area (Å²) in [5.74, 6) is 0. The minimum Gasteiger partial charge on any atom is -0.388 e. The molecule has 33 heavy (non-hydrogen) atoms. The highest BCUT2D eigenvalue weighted by Gasteiger charge is 2.04. The van der Waals surface area contributed by atoms with Crippen molar-refractivity contribution in [3.63, 3.8) is 0 Å². The van der Waals surface area contributed by atoms with Gasteiger partial charge in [-0.1, -0.05) is 54.6 Å².